The highest BCUT2D eigenvalue weighted by atomic mass is 16.2. The highest BCUT2D eigenvalue weighted by Gasteiger charge is 2.39. The van der Waals surface area contributed by atoms with Gasteiger partial charge >= 0.3 is 0 Å². The van der Waals surface area contributed by atoms with Crippen LogP contribution in [0.15, 0.2) is 60.7 Å². The van der Waals surface area contributed by atoms with E-state index in [-0.39, 0.29) is 17.9 Å². The predicted molar refractivity (Wildman–Crippen MR) is 93.7 cm³/mol. The van der Waals surface area contributed by atoms with E-state index in [9.17, 15) is 9.59 Å². The summed E-state index contributed by atoms with van der Waals surface area (Å²) < 4.78 is 0. The molecule has 24 heavy (non-hydrogen) atoms. The standard InChI is InChI=1S/C20H16N2O2/c1-12(15-8-4-6-13-5-2-3-7-16(13)15)22-19(23)17-10-9-14(21)11-18(17)20(22)24/h2-12H,21H2,1H3. The molecule has 4 nitrogen and oxygen atoms in total. The van der Waals surface area contributed by atoms with Crippen LogP contribution in [0, 0.1) is 0 Å². The Morgan fingerprint density at radius 2 is 1.58 bits per heavy atom. The second kappa shape index (κ2) is 5.20. The molecule has 1 heterocycles. The molecule has 3 aromatic rings. The number of fused-ring (bicyclic) bond motifs is 2. The summed E-state index contributed by atoms with van der Waals surface area (Å²) in [5.41, 5.74) is 8.00. The van der Waals surface area contributed by atoms with Gasteiger partial charge in [-0.3, -0.25) is 14.5 Å². The lowest BCUT2D eigenvalue weighted by molar-refractivity contribution is 0.0596. The second-order valence-electron chi connectivity index (χ2n) is 6.03. The molecular formula is C20H16N2O2. The molecule has 0 saturated carbocycles. The monoisotopic (exact) mass is 316 g/mol. The largest absolute Gasteiger partial charge is 0.399 e. The van der Waals surface area contributed by atoms with E-state index < -0.39 is 0 Å². The summed E-state index contributed by atoms with van der Waals surface area (Å²) in [4.78, 5) is 26.8. The Morgan fingerprint density at radius 1 is 0.875 bits per heavy atom. The molecule has 1 atom stereocenters. The highest BCUT2D eigenvalue weighted by Crippen LogP contribution is 2.34. The molecule has 0 spiro atoms. The number of carbonyl (C=O) groups is 2. The highest BCUT2D eigenvalue weighted by molar-refractivity contribution is 6.22. The molecule has 0 aromatic heterocycles. The molecule has 4 rings (SSSR count). The molecule has 4 heteroatoms. The van der Waals surface area contributed by atoms with E-state index in [1.165, 1.54) is 4.90 Å². The van der Waals surface area contributed by atoms with Crippen molar-refractivity contribution in [3.63, 3.8) is 0 Å². The van der Waals surface area contributed by atoms with Crippen molar-refractivity contribution in [1.29, 1.82) is 0 Å². The van der Waals surface area contributed by atoms with Gasteiger partial charge in [0.15, 0.2) is 0 Å². The fraction of sp³-hybridized carbons (Fsp3) is 0.100. The Labute approximate surface area is 139 Å². The number of hydrogen-bond acceptors (Lipinski definition) is 3. The van der Waals surface area contributed by atoms with Crippen LogP contribution in [0.5, 0.6) is 0 Å². The van der Waals surface area contributed by atoms with Gasteiger partial charge in [-0.2, -0.15) is 0 Å². The minimum atomic E-state index is -0.357. The first-order valence-electron chi connectivity index (χ1n) is 7.83. The Balaban J connectivity index is 1.82. The number of rotatable bonds is 2. The predicted octanol–water partition coefficient (Wildman–Crippen LogP) is 3.78. The van der Waals surface area contributed by atoms with E-state index in [0.29, 0.717) is 16.8 Å². The van der Waals surface area contributed by atoms with Crippen LogP contribution in [0.4, 0.5) is 5.69 Å². The van der Waals surface area contributed by atoms with Gasteiger partial charge in [-0.05, 0) is 41.5 Å². The van der Waals surface area contributed by atoms with Gasteiger partial charge in [0.05, 0.1) is 17.2 Å². The lowest BCUT2D eigenvalue weighted by atomic mass is 9.99. The van der Waals surface area contributed by atoms with E-state index in [2.05, 4.69) is 0 Å². The number of hydrogen-bond donors (Lipinski definition) is 1. The van der Waals surface area contributed by atoms with Crippen molar-refractivity contribution in [3.05, 3.63) is 77.4 Å². The lowest BCUT2D eigenvalue weighted by Crippen LogP contribution is -2.32. The van der Waals surface area contributed by atoms with Crippen LogP contribution in [0.2, 0.25) is 0 Å². The summed E-state index contributed by atoms with van der Waals surface area (Å²) in [6.45, 7) is 1.88. The smallest absolute Gasteiger partial charge is 0.262 e. The normalized spacial score (nSPS) is 15.0. The molecule has 1 aliphatic heterocycles. The minimum absolute atomic E-state index is 0.268. The fourth-order valence-corrected chi connectivity index (χ4v) is 3.38. The van der Waals surface area contributed by atoms with Crippen molar-refractivity contribution in [2.24, 2.45) is 0 Å². The Hall–Kier alpha value is -3.14. The minimum Gasteiger partial charge on any atom is -0.399 e. The number of amides is 2. The second-order valence-corrected chi connectivity index (χ2v) is 6.03. The number of nitrogens with two attached hydrogens (primary N) is 1. The quantitative estimate of drug-likeness (QED) is 0.578. The number of benzene rings is 3. The van der Waals surface area contributed by atoms with Gasteiger partial charge in [-0.25, -0.2) is 0 Å². The Bertz CT molecular complexity index is 989. The van der Waals surface area contributed by atoms with Gasteiger partial charge in [0.25, 0.3) is 11.8 Å². The van der Waals surface area contributed by atoms with Crippen LogP contribution in [0.1, 0.15) is 39.2 Å². The molecule has 1 aliphatic rings. The topological polar surface area (TPSA) is 63.4 Å². The van der Waals surface area contributed by atoms with E-state index in [1.54, 1.807) is 18.2 Å². The Morgan fingerprint density at radius 3 is 2.42 bits per heavy atom. The van der Waals surface area contributed by atoms with Crippen molar-refractivity contribution in [3.8, 4) is 0 Å². The van der Waals surface area contributed by atoms with Crippen molar-refractivity contribution < 1.29 is 9.59 Å². The molecule has 118 valence electrons. The number of imide groups is 1. The maximum atomic E-state index is 12.8. The number of anilines is 1. The molecule has 0 saturated heterocycles. The molecule has 2 N–H and O–H groups in total. The van der Waals surface area contributed by atoms with E-state index in [0.717, 1.165) is 16.3 Å². The maximum Gasteiger partial charge on any atom is 0.262 e. The summed E-state index contributed by atoms with van der Waals surface area (Å²) >= 11 is 0. The Kier molecular flexibility index (Phi) is 3.13. The molecular weight excluding hydrogens is 300 g/mol. The summed E-state index contributed by atoms with van der Waals surface area (Å²) in [6, 6.07) is 18.4. The zero-order valence-electron chi connectivity index (χ0n) is 13.2. The molecule has 2 amide bonds. The van der Waals surface area contributed by atoms with Crippen LogP contribution < -0.4 is 5.73 Å². The van der Waals surface area contributed by atoms with E-state index >= 15 is 0 Å². The molecule has 3 aromatic carbocycles. The number of carbonyl (C=O) groups excluding carboxylic acids is 2. The van der Waals surface area contributed by atoms with Crippen molar-refractivity contribution in [2.45, 2.75) is 13.0 Å². The van der Waals surface area contributed by atoms with Crippen LogP contribution in [-0.4, -0.2) is 16.7 Å². The average Bonchev–Trinajstić information content (AvgIpc) is 2.84. The molecule has 0 fully saturated rings. The summed E-state index contributed by atoms with van der Waals surface area (Å²) in [7, 11) is 0. The third-order valence-electron chi connectivity index (χ3n) is 4.60. The number of nitrogens with zero attached hydrogens (tertiary/aromatic N) is 1. The zero-order valence-corrected chi connectivity index (χ0v) is 13.2. The average molecular weight is 316 g/mol. The third-order valence-corrected chi connectivity index (χ3v) is 4.60. The van der Waals surface area contributed by atoms with Crippen molar-refractivity contribution >= 4 is 28.3 Å². The van der Waals surface area contributed by atoms with Gasteiger partial charge in [0.2, 0.25) is 0 Å². The van der Waals surface area contributed by atoms with Gasteiger partial charge in [-0.1, -0.05) is 42.5 Å². The summed E-state index contributed by atoms with van der Waals surface area (Å²) in [5.74, 6) is -0.557. The van der Waals surface area contributed by atoms with E-state index in [1.807, 2.05) is 49.4 Å². The van der Waals surface area contributed by atoms with Crippen LogP contribution >= 0.6 is 0 Å². The summed E-state index contributed by atoms with van der Waals surface area (Å²) in [5, 5.41) is 2.13. The molecule has 0 radical (unpaired) electrons. The first-order chi connectivity index (χ1) is 11.6. The molecule has 0 aliphatic carbocycles. The SMILES string of the molecule is CC(c1cccc2ccccc12)N1C(=O)c2ccc(N)cc2C1=O. The third kappa shape index (κ3) is 2.00. The first kappa shape index (κ1) is 14.5. The van der Waals surface area contributed by atoms with Crippen molar-refractivity contribution in [2.75, 3.05) is 5.73 Å². The molecule has 0 bridgehead atoms. The fourth-order valence-electron chi connectivity index (χ4n) is 3.38. The zero-order chi connectivity index (χ0) is 16.8. The van der Waals surface area contributed by atoms with Gasteiger partial charge < -0.3 is 5.73 Å². The van der Waals surface area contributed by atoms with Gasteiger partial charge in [0.1, 0.15) is 0 Å². The molecule has 1 unspecified atom stereocenters. The van der Waals surface area contributed by atoms with Crippen LogP contribution in [0.3, 0.4) is 0 Å². The van der Waals surface area contributed by atoms with Crippen LogP contribution in [0.25, 0.3) is 10.8 Å². The first-order valence-corrected chi connectivity index (χ1v) is 7.83. The van der Waals surface area contributed by atoms with Crippen LogP contribution in [-0.2, 0) is 0 Å². The van der Waals surface area contributed by atoms with Gasteiger partial charge in [0, 0.05) is 5.69 Å². The van der Waals surface area contributed by atoms with Crippen molar-refractivity contribution in [1.82, 2.24) is 4.90 Å². The summed E-state index contributed by atoms with van der Waals surface area (Å²) in [6.07, 6.45) is 0. The number of nitrogen functional groups attached to an aromatic ring is 1. The van der Waals surface area contributed by atoms with Gasteiger partial charge in [-0.15, -0.1) is 0 Å². The van der Waals surface area contributed by atoms with E-state index in [4.69, 9.17) is 5.73 Å². The maximum absolute atomic E-state index is 12.8. The lowest BCUT2D eigenvalue weighted by Gasteiger charge is -2.24.